The zero-order valence-electron chi connectivity index (χ0n) is 14.4. The fourth-order valence-electron chi connectivity index (χ4n) is 2.81. The number of halogens is 5. The summed E-state index contributed by atoms with van der Waals surface area (Å²) in [4.78, 5) is 12.1. The summed E-state index contributed by atoms with van der Waals surface area (Å²) in [5, 5.41) is 7.18. The minimum absolute atomic E-state index is 0.00546. The van der Waals surface area contributed by atoms with Crippen LogP contribution in [0.25, 0.3) is 0 Å². The van der Waals surface area contributed by atoms with E-state index < -0.39 is 33.0 Å². The summed E-state index contributed by atoms with van der Waals surface area (Å²) in [5.74, 6) is -1.12. The number of alkyl halides is 3. The molecule has 1 N–H and O–H groups in total. The van der Waals surface area contributed by atoms with Crippen LogP contribution >= 0.6 is 34.5 Å². The standard InChI is InChI=1S/C15H13Cl2F3N4O3S2/c16-9-2-1-3-10(17)11(9)29(26,27)24-6-4-8(5-7-24)12(25)21-14-23-22-13(28-14)15(18,19)20/h1-3,8H,4-7H2,(H,21,23,25). The number of aromatic nitrogens is 2. The van der Waals surface area contributed by atoms with Gasteiger partial charge in [-0.3, -0.25) is 4.79 Å². The lowest BCUT2D eigenvalue weighted by Crippen LogP contribution is -2.41. The normalized spacial score (nSPS) is 16.7. The van der Waals surface area contributed by atoms with E-state index in [0.29, 0.717) is 0 Å². The van der Waals surface area contributed by atoms with Gasteiger partial charge in [-0.2, -0.15) is 17.5 Å². The molecule has 2 aromatic rings. The molecule has 1 aromatic heterocycles. The summed E-state index contributed by atoms with van der Waals surface area (Å²) < 4.78 is 64.5. The second-order valence-electron chi connectivity index (χ2n) is 6.13. The van der Waals surface area contributed by atoms with Crippen LogP contribution in [0.4, 0.5) is 18.3 Å². The molecule has 3 rings (SSSR count). The second-order valence-corrected chi connectivity index (χ2v) is 9.80. The fraction of sp³-hybridized carbons (Fsp3) is 0.400. The molecule has 0 atom stereocenters. The molecule has 14 heteroatoms. The number of carbonyl (C=O) groups excluding carboxylic acids is 1. The van der Waals surface area contributed by atoms with Crippen molar-refractivity contribution in [2.24, 2.45) is 5.92 Å². The average Bonchev–Trinajstić information content (AvgIpc) is 3.10. The van der Waals surface area contributed by atoms with Gasteiger partial charge < -0.3 is 5.32 Å². The van der Waals surface area contributed by atoms with Crippen LogP contribution in [0.15, 0.2) is 23.1 Å². The van der Waals surface area contributed by atoms with Gasteiger partial charge in [-0.1, -0.05) is 40.6 Å². The van der Waals surface area contributed by atoms with Crippen molar-refractivity contribution in [3.8, 4) is 0 Å². The highest BCUT2D eigenvalue weighted by molar-refractivity contribution is 7.89. The van der Waals surface area contributed by atoms with Crippen LogP contribution in [0.2, 0.25) is 10.0 Å². The van der Waals surface area contributed by atoms with Crippen molar-refractivity contribution in [1.82, 2.24) is 14.5 Å². The maximum atomic E-state index is 12.8. The van der Waals surface area contributed by atoms with Gasteiger partial charge in [0.15, 0.2) is 0 Å². The largest absolute Gasteiger partial charge is 0.445 e. The first-order chi connectivity index (χ1) is 13.5. The topological polar surface area (TPSA) is 92.3 Å². The van der Waals surface area contributed by atoms with Crippen molar-refractivity contribution in [2.75, 3.05) is 18.4 Å². The lowest BCUT2D eigenvalue weighted by atomic mass is 9.97. The molecular weight excluding hydrogens is 476 g/mol. The molecule has 29 heavy (non-hydrogen) atoms. The van der Waals surface area contributed by atoms with Crippen LogP contribution in [0.5, 0.6) is 0 Å². The Morgan fingerprint density at radius 1 is 1.17 bits per heavy atom. The van der Waals surface area contributed by atoms with E-state index in [1.807, 2.05) is 0 Å². The smallest absolute Gasteiger partial charge is 0.300 e. The average molecular weight is 489 g/mol. The summed E-state index contributed by atoms with van der Waals surface area (Å²) in [7, 11) is -3.95. The maximum absolute atomic E-state index is 12.8. The lowest BCUT2D eigenvalue weighted by molar-refractivity contribution is -0.138. The molecule has 1 aliphatic heterocycles. The highest BCUT2D eigenvalue weighted by Crippen LogP contribution is 2.35. The van der Waals surface area contributed by atoms with E-state index in [0.717, 1.165) is 0 Å². The van der Waals surface area contributed by atoms with Crippen molar-refractivity contribution in [3.05, 3.63) is 33.3 Å². The highest BCUT2D eigenvalue weighted by Gasteiger charge is 2.37. The van der Waals surface area contributed by atoms with Crippen molar-refractivity contribution >= 4 is 55.6 Å². The van der Waals surface area contributed by atoms with E-state index in [9.17, 15) is 26.4 Å². The number of sulfonamides is 1. The Kier molecular flexibility index (Phi) is 6.39. The van der Waals surface area contributed by atoms with E-state index in [-0.39, 0.29) is 57.3 Å². The molecule has 0 bridgehead atoms. The van der Waals surface area contributed by atoms with E-state index in [1.54, 1.807) is 0 Å². The first-order valence-corrected chi connectivity index (χ1v) is 11.2. The number of benzene rings is 1. The zero-order chi connectivity index (χ0) is 21.4. The van der Waals surface area contributed by atoms with Crippen molar-refractivity contribution in [1.29, 1.82) is 0 Å². The molecule has 7 nitrogen and oxygen atoms in total. The number of piperidine rings is 1. The molecule has 1 saturated heterocycles. The predicted molar refractivity (Wildman–Crippen MR) is 101 cm³/mol. The van der Waals surface area contributed by atoms with Gasteiger partial charge in [-0.05, 0) is 25.0 Å². The molecule has 0 aliphatic carbocycles. The van der Waals surface area contributed by atoms with Gasteiger partial charge >= 0.3 is 6.18 Å². The van der Waals surface area contributed by atoms with Gasteiger partial charge in [0.25, 0.3) is 0 Å². The Hall–Kier alpha value is -1.47. The quantitative estimate of drug-likeness (QED) is 0.704. The summed E-state index contributed by atoms with van der Waals surface area (Å²) in [5.41, 5.74) is 0. The molecule has 0 unspecified atom stereocenters. The third-order valence-corrected chi connectivity index (χ3v) is 7.98. The van der Waals surface area contributed by atoms with Crippen LogP contribution in [0.1, 0.15) is 17.8 Å². The first-order valence-electron chi connectivity index (χ1n) is 8.16. The first kappa shape index (κ1) is 22.2. The van der Waals surface area contributed by atoms with Gasteiger partial charge in [-0.15, -0.1) is 10.2 Å². The number of anilines is 1. The Morgan fingerprint density at radius 3 is 2.28 bits per heavy atom. The Balaban J connectivity index is 1.64. The summed E-state index contributed by atoms with van der Waals surface area (Å²) >= 11 is 12.2. The predicted octanol–water partition coefficient (Wildman–Crippen LogP) is 3.90. The summed E-state index contributed by atoms with van der Waals surface area (Å²) in [6, 6.07) is 4.35. The number of rotatable bonds is 4. The number of nitrogens with zero attached hydrogens (tertiary/aromatic N) is 3. The van der Waals surface area contributed by atoms with E-state index >= 15 is 0 Å². The van der Waals surface area contributed by atoms with Gasteiger partial charge in [0.05, 0.1) is 10.0 Å². The van der Waals surface area contributed by atoms with E-state index in [4.69, 9.17) is 23.2 Å². The second kappa shape index (κ2) is 8.34. The van der Waals surface area contributed by atoms with Gasteiger partial charge in [-0.25, -0.2) is 8.42 Å². The van der Waals surface area contributed by atoms with Crippen LogP contribution in [0.3, 0.4) is 0 Å². The molecular formula is C15H13Cl2F3N4O3S2. The van der Waals surface area contributed by atoms with Crippen molar-refractivity contribution < 1.29 is 26.4 Å². The zero-order valence-corrected chi connectivity index (χ0v) is 17.6. The number of carbonyl (C=O) groups is 1. The van der Waals surface area contributed by atoms with Crippen molar-refractivity contribution in [2.45, 2.75) is 23.9 Å². The third-order valence-electron chi connectivity index (χ3n) is 4.24. The number of hydrogen-bond donors (Lipinski definition) is 1. The fourth-order valence-corrected chi connectivity index (χ4v) is 5.99. The molecule has 1 fully saturated rings. The van der Waals surface area contributed by atoms with Gasteiger partial charge in [0, 0.05) is 19.0 Å². The molecule has 0 radical (unpaired) electrons. The number of amides is 1. The monoisotopic (exact) mass is 488 g/mol. The lowest BCUT2D eigenvalue weighted by Gasteiger charge is -2.30. The van der Waals surface area contributed by atoms with Crippen LogP contribution in [0, 0.1) is 5.92 Å². The molecule has 1 amide bonds. The minimum Gasteiger partial charge on any atom is -0.300 e. The molecule has 0 spiro atoms. The van der Waals surface area contributed by atoms with Gasteiger partial charge in [0.2, 0.25) is 26.1 Å². The minimum atomic E-state index is -4.64. The Labute approximate surface area is 177 Å². The highest BCUT2D eigenvalue weighted by atomic mass is 35.5. The summed E-state index contributed by atoms with van der Waals surface area (Å²) in [6.45, 7) is 0.0672. The van der Waals surface area contributed by atoms with Gasteiger partial charge in [0.1, 0.15) is 4.90 Å². The molecule has 158 valence electrons. The molecule has 1 aliphatic rings. The number of hydrogen-bond acceptors (Lipinski definition) is 6. The van der Waals surface area contributed by atoms with Crippen LogP contribution < -0.4 is 5.32 Å². The number of nitrogens with one attached hydrogen (secondary N) is 1. The molecule has 2 heterocycles. The Bertz CT molecular complexity index is 1000. The third kappa shape index (κ3) is 4.82. The molecule has 1 aromatic carbocycles. The van der Waals surface area contributed by atoms with Crippen LogP contribution in [-0.4, -0.2) is 41.9 Å². The maximum Gasteiger partial charge on any atom is 0.445 e. The SMILES string of the molecule is O=C(Nc1nnc(C(F)(F)F)s1)C1CCN(S(=O)(=O)c2c(Cl)cccc2Cl)CC1. The van der Waals surface area contributed by atoms with E-state index in [2.05, 4.69) is 15.5 Å². The summed E-state index contributed by atoms with van der Waals surface area (Å²) in [6.07, 6.45) is -4.28. The van der Waals surface area contributed by atoms with E-state index in [1.165, 1.54) is 22.5 Å². The Morgan fingerprint density at radius 2 is 1.76 bits per heavy atom. The van der Waals surface area contributed by atoms with Crippen LogP contribution in [-0.2, 0) is 21.0 Å². The van der Waals surface area contributed by atoms with Crippen molar-refractivity contribution in [3.63, 3.8) is 0 Å². The molecule has 0 saturated carbocycles.